The average Bonchev–Trinajstić information content (AvgIpc) is 2.25. The molecule has 0 saturated heterocycles. The first-order chi connectivity index (χ1) is 7.99. The van der Waals surface area contributed by atoms with Crippen LogP contribution < -0.4 is 0 Å². The van der Waals surface area contributed by atoms with Crippen LogP contribution in [0.1, 0.15) is 19.4 Å². The van der Waals surface area contributed by atoms with Crippen molar-refractivity contribution in [2.24, 2.45) is 5.92 Å². The number of nitrogens with zero attached hydrogens (tertiary/aromatic N) is 1. The maximum atomic E-state index is 11.7. The predicted octanol–water partition coefficient (Wildman–Crippen LogP) is 3.47. The zero-order valence-corrected chi connectivity index (χ0v) is 11.2. The third kappa shape index (κ3) is 5.05. The third-order valence-electron chi connectivity index (χ3n) is 2.28. The molecule has 0 N–H and O–H groups in total. The fraction of sp³-hybridized carbons (Fsp3) is 0.357. The molecule has 0 radical (unpaired) electrons. The normalized spacial score (nSPS) is 11.1. The number of hydrogen-bond acceptors (Lipinski definition) is 1. The molecule has 0 aliphatic carbocycles. The van der Waals surface area contributed by atoms with E-state index < -0.39 is 0 Å². The van der Waals surface area contributed by atoms with Crippen LogP contribution in [-0.4, -0.2) is 24.4 Å². The van der Waals surface area contributed by atoms with E-state index in [0.29, 0.717) is 10.9 Å². The molecule has 17 heavy (non-hydrogen) atoms. The smallest absolute Gasteiger partial charge is 0.246 e. The molecule has 1 aromatic carbocycles. The summed E-state index contributed by atoms with van der Waals surface area (Å²) in [5.41, 5.74) is 0.934. The zero-order chi connectivity index (χ0) is 12.8. The van der Waals surface area contributed by atoms with Gasteiger partial charge in [0.25, 0.3) is 0 Å². The van der Waals surface area contributed by atoms with Gasteiger partial charge in [0.2, 0.25) is 5.91 Å². The van der Waals surface area contributed by atoms with Crippen LogP contribution >= 0.6 is 11.6 Å². The summed E-state index contributed by atoms with van der Waals surface area (Å²) in [6.07, 6.45) is 3.36. The van der Waals surface area contributed by atoms with Crippen LogP contribution in [0.25, 0.3) is 6.08 Å². The van der Waals surface area contributed by atoms with Gasteiger partial charge in [0.05, 0.1) is 0 Å². The Bertz CT molecular complexity index is 412. The van der Waals surface area contributed by atoms with Crippen molar-refractivity contribution in [3.63, 3.8) is 0 Å². The molecule has 3 heteroatoms. The highest BCUT2D eigenvalue weighted by Gasteiger charge is 2.06. The predicted molar refractivity (Wildman–Crippen MR) is 73.0 cm³/mol. The fourth-order valence-corrected chi connectivity index (χ4v) is 1.74. The van der Waals surface area contributed by atoms with Gasteiger partial charge in [-0.25, -0.2) is 0 Å². The van der Waals surface area contributed by atoms with E-state index in [2.05, 4.69) is 13.8 Å². The van der Waals surface area contributed by atoms with Crippen LogP contribution in [0, 0.1) is 5.92 Å². The topological polar surface area (TPSA) is 20.3 Å². The molecule has 0 bridgehead atoms. The van der Waals surface area contributed by atoms with Crippen molar-refractivity contribution in [2.45, 2.75) is 13.8 Å². The van der Waals surface area contributed by atoms with Gasteiger partial charge in [0.15, 0.2) is 0 Å². The van der Waals surface area contributed by atoms with Crippen LogP contribution in [0.5, 0.6) is 0 Å². The van der Waals surface area contributed by atoms with Gasteiger partial charge in [-0.1, -0.05) is 37.6 Å². The monoisotopic (exact) mass is 251 g/mol. The summed E-state index contributed by atoms with van der Waals surface area (Å²) in [4.78, 5) is 13.5. The van der Waals surface area contributed by atoms with Gasteiger partial charge >= 0.3 is 0 Å². The lowest BCUT2D eigenvalue weighted by atomic mass is 10.2. The Balaban J connectivity index is 2.62. The standard InChI is InChI=1S/C14H18ClNO/c1-11(2)10-16(3)14(17)8-7-12-5-4-6-13(15)9-12/h4-9,11H,10H2,1-3H3/b8-7+. The van der Waals surface area contributed by atoms with E-state index in [-0.39, 0.29) is 5.91 Å². The lowest BCUT2D eigenvalue weighted by Crippen LogP contribution is -2.28. The molecule has 0 atom stereocenters. The van der Waals surface area contributed by atoms with Crippen LogP contribution in [-0.2, 0) is 4.79 Å². The highest BCUT2D eigenvalue weighted by molar-refractivity contribution is 6.30. The number of likely N-dealkylation sites (N-methyl/N-ethyl adjacent to an activating group) is 1. The summed E-state index contributed by atoms with van der Waals surface area (Å²) in [7, 11) is 1.81. The molecule has 0 spiro atoms. The minimum Gasteiger partial charge on any atom is -0.342 e. The summed E-state index contributed by atoms with van der Waals surface area (Å²) in [5.74, 6) is 0.488. The first-order valence-electron chi connectivity index (χ1n) is 5.68. The average molecular weight is 252 g/mol. The number of benzene rings is 1. The molecule has 0 saturated carbocycles. The number of carbonyl (C=O) groups excluding carboxylic acids is 1. The molecule has 1 aromatic rings. The molecule has 0 fully saturated rings. The lowest BCUT2D eigenvalue weighted by molar-refractivity contribution is -0.125. The highest BCUT2D eigenvalue weighted by Crippen LogP contribution is 2.12. The molecule has 1 amide bonds. The summed E-state index contributed by atoms with van der Waals surface area (Å²) in [6, 6.07) is 7.42. The zero-order valence-electron chi connectivity index (χ0n) is 10.5. The third-order valence-corrected chi connectivity index (χ3v) is 2.52. The summed E-state index contributed by atoms with van der Waals surface area (Å²) >= 11 is 5.86. The van der Waals surface area contributed by atoms with E-state index in [1.807, 2.05) is 31.3 Å². The van der Waals surface area contributed by atoms with Crippen molar-refractivity contribution in [1.82, 2.24) is 4.90 Å². The fourth-order valence-electron chi connectivity index (χ4n) is 1.54. The summed E-state index contributed by atoms with van der Waals surface area (Å²) < 4.78 is 0. The van der Waals surface area contributed by atoms with Gasteiger partial charge in [-0.2, -0.15) is 0 Å². The Morgan fingerprint density at radius 2 is 2.18 bits per heavy atom. The Hall–Kier alpha value is -1.28. The number of amides is 1. The molecule has 92 valence electrons. The quantitative estimate of drug-likeness (QED) is 0.751. The van der Waals surface area contributed by atoms with Gasteiger partial charge in [0.1, 0.15) is 0 Å². The molecule has 2 nitrogen and oxygen atoms in total. The Labute approximate surface area is 108 Å². The summed E-state index contributed by atoms with van der Waals surface area (Å²) in [5, 5.41) is 0.676. The Morgan fingerprint density at radius 3 is 2.76 bits per heavy atom. The first-order valence-corrected chi connectivity index (χ1v) is 6.05. The number of halogens is 1. The van der Waals surface area contributed by atoms with Gasteiger partial charge in [0, 0.05) is 24.7 Å². The van der Waals surface area contributed by atoms with Crippen molar-refractivity contribution in [2.75, 3.05) is 13.6 Å². The molecule has 0 heterocycles. The van der Waals surface area contributed by atoms with Gasteiger partial charge in [-0.15, -0.1) is 0 Å². The first kappa shape index (κ1) is 13.8. The summed E-state index contributed by atoms with van der Waals surface area (Å²) in [6.45, 7) is 4.94. The van der Waals surface area contributed by atoms with Crippen molar-refractivity contribution < 1.29 is 4.79 Å². The molecular weight excluding hydrogens is 234 g/mol. The molecule has 0 aromatic heterocycles. The van der Waals surface area contributed by atoms with E-state index in [4.69, 9.17) is 11.6 Å². The largest absolute Gasteiger partial charge is 0.342 e. The maximum absolute atomic E-state index is 11.7. The minimum atomic E-state index is 0.0127. The van der Waals surface area contributed by atoms with Crippen molar-refractivity contribution in [3.05, 3.63) is 40.9 Å². The maximum Gasteiger partial charge on any atom is 0.246 e. The molecule has 1 rings (SSSR count). The number of hydrogen-bond donors (Lipinski definition) is 0. The second-order valence-electron chi connectivity index (χ2n) is 4.50. The minimum absolute atomic E-state index is 0.0127. The van der Waals surface area contributed by atoms with Crippen molar-refractivity contribution >= 4 is 23.6 Å². The SMILES string of the molecule is CC(C)CN(C)C(=O)/C=C/c1cccc(Cl)c1. The molecule has 0 aliphatic rings. The van der Waals surface area contributed by atoms with Gasteiger partial charge in [-0.05, 0) is 29.7 Å². The van der Waals surface area contributed by atoms with E-state index >= 15 is 0 Å². The van der Waals surface area contributed by atoms with Crippen molar-refractivity contribution in [3.8, 4) is 0 Å². The molecule has 0 unspecified atom stereocenters. The number of rotatable bonds is 4. The van der Waals surface area contributed by atoms with Crippen LogP contribution in [0.2, 0.25) is 5.02 Å². The van der Waals surface area contributed by atoms with Crippen LogP contribution in [0.15, 0.2) is 30.3 Å². The van der Waals surface area contributed by atoms with Crippen LogP contribution in [0.3, 0.4) is 0 Å². The number of carbonyl (C=O) groups is 1. The Kier molecular flexibility index (Phi) is 5.23. The Morgan fingerprint density at radius 1 is 1.47 bits per heavy atom. The van der Waals surface area contributed by atoms with E-state index in [9.17, 15) is 4.79 Å². The second kappa shape index (κ2) is 6.45. The van der Waals surface area contributed by atoms with Gasteiger partial charge < -0.3 is 4.90 Å². The highest BCUT2D eigenvalue weighted by atomic mass is 35.5. The molecular formula is C14H18ClNO. The van der Waals surface area contributed by atoms with E-state index in [1.54, 1.807) is 17.1 Å². The van der Waals surface area contributed by atoms with E-state index in [0.717, 1.165) is 12.1 Å². The van der Waals surface area contributed by atoms with Crippen LogP contribution in [0.4, 0.5) is 0 Å². The second-order valence-corrected chi connectivity index (χ2v) is 4.94. The molecule has 0 aliphatic heterocycles. The van der Waals surface area contributed by atoms with Gasteiger partial charge in [-0.3, -0.25) is 4.79 Å². The lowest BCUT2D eigenvalue weighted by Gasteiger charge is -2.17. The van der Waals surface area contributed by atoms with E-state index in [1.165, 1.54) is 0 Å². The van der Waals surface area contributed by atoms with Crippen molar-refractivity contribution in [1.29, 1.82) is 0 Å².